The Kier molecular flexibility index (Phi) is 4.98. The van der Waals surface area contributed by atoms with Gasteiger partial charge in [0, 0.05) is 25.7 Å². The van der Waals surface area contributed by atoms with Crippen LogP contribution in [0.5, 0.6) is 5.75 Å². The third-order valence-electron chi connectivity index (χ3n) is 6.27. The summed E-state index contributed by atoms with van der Waals surface area (Å²) in [7, 11) is 3.47. The highest BCUT2D eigenvalue weighted by Crippen LogP contribution is 2.41. The second-order valence-corrected chi connectivity index (χ2v) is 7.95. The Labute approximate surface area is 164 Å². The SMILES string of the molecule is COc1ccc2cc(CN(C)C(=O)CN3C4CCC3C(C(=O)O)C4)ccc2c1. The molecule has 2 aromatic carbocycles. The van der Waals surface area contributed by atoms with Gasteiger partial charge in [-0.1, -0.05) is 18.2 Å². The molecule has 6 nitrogen and oxygen atoms in total. The number of benzene rings is 2. The molecule has 2 aromatic rings. The number of carbonyl (C=O) groups excluding carboxylic acids is 1. The summed E-state index contributed by atoms with van der Waals surface area (Å²) in [6, 6.07) is 12.4. The van der Waals surface area contributed by atoms with E-state index in [1.54, 1.807) is 12.0 Å². The van der Waals surface area contributed by atoms with Crippen LogP contribution in [0.25, 0.3) is 10.8 Å². The fourth-order valence-corrected chi connectivity index (χ4v) is 4.75. The maximum absolute atomic E-state index is 12.8. The summed E-state index contributed by atoms with van der Waals surface area (Å²) in [6.07, 6.45) is 2.55. The van der Waals surface area contributed by atoms with Crippen molar-refractivity contribution in [1.82, 2.24) is 9.80 Å². The fraction of sp³-hybridized carbons (Fsp3) is 0.455. The number of carboxylic acid groups (broad SMARTS) is 1. The standard InChI is InChI=1S/C22H26N2O4/c1-23(12-14-3-4-16-10-18(28-2)7-5-15(16)9-14)21(25)13-24-17-6-8-20(24)19(11-17)22(26)27/h3-5,7,9-10,17,19-20H,6,8,11-13H2,1-2H3,(H,26,27). The topological polar surface area (TPSA) is 70.1 Å². The molecule has 2 bridgehead atoms. The molecule has 0 radical (unpaired) electrons. The molecule has 3 unspecified atom stereocenters. The fourth-order valence-electron chi connectivity index (χ4n) is 4.75. The number of hydrogen-bond acceptors (Lipinski definition) is 4. The van der Waals surface area contributed by atoms with E-state index in [-0.39, 0.29) is 23.9 Å². The minimum absolute atomic E-state index is 0.00972. The molecule has 2 aliphatic heterocycles. The average Bonchev–Trinajstić information content (AvgIpc) is 3.24. The highest BCUT2D eigenvalue weighted by Gasteiger charge is 2.49. The lowest BCUT2D eigenvalue weighted by molar-refractivity contribution is -0.143. The normalized spacial score (nSPS) is 23.9. The average molecular weight is 382 g/mol. The quantitative estimate of drug-likeness (QED) is 0.832. The highest BCUT2D eigenvalue weighted by atomic mass is 16.5. The largest absolute Gasteiger partial charge is 0.497 e. The van der Waals surface area contributed by atoms with Crippen molar-refractivity contribution >= 4 is 22.6 Å². The van der Waals surface area contributed by atoms with Crippen molar-refractivity contribution in [2.45, 2.75) is 37.9 Å². The number of amides is 1. The van der Waals surface area contributed by atoms with Crippen LogP contribution in [-0.2, 0) is 16.1 Å². The zero-order chi connectivity index (χ0) is 19.8. The number of carbonyl (C=O) groups is 2. The molecule has 28 heavy (non-hydrogen) atoms. The van der Waals surface area contributed by atoms with Crippen molar-refractivity contribution in [3.63, 3.8) is 0 Å². The van der Waals surface area contributed by atoms with Crippen molar-refractivity contribution < 1.29 is 19.4 Å². The predicted octanol–water partition coefficient (Wildman–Crippen LogP) is 2.74. The Hall–Kier alpha value is -2.60. The van der Waals surface area contributed by atoms with Gasteiger partial charge in [0.25, 0.3) is 0 Å². The molecule has 2 fully saturated rings. The molecular formula is C22H26N2O4. The Morgan fingerprint density at radius 2 is 1.93 bits per heavy atom. The Balaban J connectivity index is 1.41. The third-order valence-corrected chi connectivity index (χ3v) is 6.27. The Morgan fingerprint density at radius 1 is 1.18 bits per heavy atom. The molecule has 3 atom stereocenters. The van der Waals surface area contributed by atoms with Gasteiger partial charge >= 0.3 is 5.97 Å². The summed E-state index contributed by atoms with van der Waals surface area (Å²) < 4.78 is 5.26. The lowest BCUT2D eigenvalue weighted by Gasteiger charge is -2.25. The molecule has 2 aliphatic rings. The number of methoxy groups -OCH3 is 1. The lowest BCUT2D eigenvalue weighted by Crippen LogP contribution is -2.41. The molecule has 0 aromatic heterocycles. The number of hydrogen-bond donors (Lipinski definition) is 1. The zero-order valence-electron chi connectivity index (χ0n) is 16.3. The van der Waals surface area contributed by atoms with Crippen molar-refractivity contribution in [3.8, 4) is 5.75 Å². The summed E-state index contributed by atoms with van der Waals surface area (Å²) in [5.74, 6) is -0.189. The summed E-state index contributed by atoms with van der Waals surface area (Å²) in [6.45, 7) is 0.840. The summed E-state index contributed by atoms with van der Waals surface area (Å²) >= 11 is 0. The van der Waals surface area contributed by atoms with Crippen LogP contribution in [0.3, 0.4) is 0 Å². The molecular weight excluding hydrogens is 356 g/mol. The molecule has 4 rings (SSSR count). The maximum Gasteiger partial charge on any atom is 0.308 e. The minimum Gasteiger partial charge on any atom is -0.497 e. The molecule has 0 saturated carbocycles. The number of rotatable bonds is 6. The number of likely N-dealkylation sites (N-methyl/N-ethyl adjacent to an activating group) is 1. The minimum atomic E-state index is -0.731. The first-order chi connectivity index (χ1) is 13.5. The number of nitrogens with zero attached hydrogens (tertiary/aromatic N) is 2. The van der Waals surface area contributed by atoms with Gasteiger partial charge in [0.15, 0.2) is 0 Å². The van der Waals surface area contributed by atoms with Crippen LogP contribution in [0.15, 0.2) is 36.4 Å². The first-order valence-electron chi connectivity index (χ1n) is 9.75. The monoisotopic (exact) mass is 382 g/mol. The molecule has 0 spiro atoms. The van der Waals surface area contributed by atoms with Gasteiger partial charge in [0.1, 0.15) is 5.75 Å². The summed E-state index contributed by atoms with van der Waals surface area (Å²) in [5.41, 5.74) is 1.07. The van der Waals surface area contributed by atoms with Crippen LogP contribution in [-0.4, -0.2) is 59.6 Å². The Bertz CT molecular complexity index is 913. The van der Waals surface area contributed by atoms with E-state index in [0.29, 0.717) is 19.5 Å². The maximum atomic E-state index is 12.8. The van der Waals surface area contributed by atoms with Gasteiger partial charge in [-0.05, 0) is 53.8 Å². The van der Waals surface area contributed by atoms with E-state index in [1.807, 2.05) is 37.4 Å². The van der Waals surface area contributed by atoms with Crippen molar-refractivity contribution in [2.24, 2.45) is 5.92 Å². The number of aliphatic carboxylic acids is 1. The number of fused-ring (bicyclic) bond motifs is 3. The van der Waals surface area contributed by atoms with Crippen LogP contribution in [0.2, 0.25) is 0 Å². The van der Waals surface area contributed by atoms with Crippen molar-refractivity contribution in [2.75, 3.05) is 20.7 Å². The van der Waals surface area contributed by atoms with Gasteiger partial charge in [-0.3, -0.25) is 14.5 Å². The Morgan fingerprint density at radius 3 is 2.64 bits per heavy atom. The van der Waals surface area contributed by atoms with E-state index in [9.17, 15) is 14.7 Å². The van der Waals surface area contributed by atoms with Gasteiger partial charge in [-0.15, -0.1) is 0 Å². The van der Waals surface area contributed by atoms with Gasteiger partial charge < -0.3 is 14.7 Å². The molecule has 148 valence electrons. The first kappa shape index (κ1) is 18.7. The lowest BCUT2D eigenvalue weighted by atomic mass is 9.89. The molecule has 2 heterocycles. The molecule has 0 aliphatic carbocycles. The van der Waals surface area contributed by atoms with Gasteiger partial charge in [-0.2, -0.15) is 0 Å². The van der Waals surface area contributed by atoms with Crippen LogP contribution in [0, 0.1) is 5.92 Å². The second kappa shape index (κ2) is 7.43. The predicted molar refractivity (Wildman–Crippen MR) is 106 cm³/mol. The first-order valence-corrected chi connectivity index (χ1v) is 9.75. The highest BCUT2D eigenvalue weighted by molar-refractivity contribution is 5.85. The summed E-state index contributed by atoms with van der Waals surface area (Å²) in [4.78, 5) is 28.0. The van der Waals surface area contributed by atoms with Gasteiger partial charge in [0.2, 0.25) is 5.91 Å². The zero-order valence-corrected chi connectivity index (χ0v) is 16.3. The van der Waals surface area contributed by atoms with E-state index in [2.05, 4.69) is 11.0 Å². The van der Waals surface area contributed by atoms with Crippen molar-refractivity contribution in [3.05, 3.63) is 42.0 Å². The molecule has 1 amide bonds. The van der Waals surface area contributed by atoms with Crippen LogP contribution in [0.1, 0.15) is 24.8 Å². The van der Waals surface area contributed by atoms with E-state index in [1.165, 1.54) is 0 Å². The third kappa shape index (κ3) is 3.44. The van der Waals surface area contributed by atoms with Crippen LogP contribution in [0.4, 0.5) is 0 Å². The molecule has 2 saturated heterocycles. The molecule has 6 heteroatoms. The van der Waals surface area contributed by atoms with Gasteiger partial charge in [-0.25, -0.2) is 0 Å². The van der Waals surface area contributed by atoms with E-state index >= 15 is 0 Å². The molecule has 1 N–H and O–H groups in total. The van der Waals surface area contributed by atoms with E-state index in [4.69, 9.17) is 4.74 Å². The smallest absolute Gasteiger partial charge is 0.308 e. The van der Waals surface area contributed by atoms with Crippen molar-refractivity contribution in [1.29, 1.82) is 0 Å². The second-order valence-electron chi connectivity index (χ2n) is 7.95. The van der Waals surface area contributed by atoms with Crippen LogP contribution < -0.4 is 4.74 Å². The summed E-state index contributed by atoms with van der Waals surface area (Å²) in [5, 5.41) is 11.6. The van der Waals surface area contributed by atoms with Crippen LogP contribution >= 0.6 is 0 Å². The van der Waals surface area contributed by atoms with E-state index in [0.717, 1.165) is 34.9 Å². The van der Waals surface area contributed by atoms with Gasteiger partial charge in [0.05, 0.1) is 19.6 Å². The number of ether oxygens (including phenoxy) is 1. The van der Waals surface area contributed by atoms with E-state index < -0.39 is 5.97 Å². The number of carboxylic acids is 1.